The minimum absolute atomic E-state index is 0.0335. The molecule has 0 spiro atoms. The lowest BCUT2D eigenvalue weighted by Crippen LogP contribution is -2.40. The highest BCUT2D eigenvalue weighted by atomic mass is 32.1. The normalized spacial score (nSPS) is 25.0. The quantitative estimate of drug-likeness (QED) is 0.844. The topological polar surface area (TPSA) is 41.3 Å². The van der Waals surface area contributed by atoms with Crippen LogP contribution in [0.5, 0.6) is 0 Å². The Morgan fingerprint density at radius 3 is 2.67 bits per heavy atom. The van der Waals surface area contributed by atoms with Crippen LogP contribution in [0.15, 0.2) is 40.9 Å². The van der Waals surface area contributed by atoms with E-state index in [0.29, 0.717) is 6.04 Å². The molecule has 0 radical (unpaired) electrons. The number of pyridine rings is 1. The summed E-state index contributed by atoms with van der Waals surface area (Å²) >= 11 is 5.73. The fourth-order valence-electron chi connectivity index (χ4n) is 4.03. The standard InChI is InChI=1S/C19H23N3OS/c1-13-10-11-16(23-13)18-17(15-9-5-6-12-20-15)21-19(24)22(18)14-7-3-2-4-8-14/h5-6,9-12,14,17-18H,2-4,7-8H2,1H3,(H,21,24)/t17-,18-/m1/s1. The summed E-state index contributed by atoms with van der Waals surface area (Å²) in [6.07, 6.45) is 8.14. The summed E-state index contributed by atoms with van der Waals surface area (Å²) < 4.78 is 6.02. The first-order valence-electron chi connectivity index (χ1n) is 8.80. The van der Waals surface area contributed by atoms with Crippen LogP contribution < -0.4 is 5.32 Å². The van der Waals surface area contributed by atoms with Gasteiger partial charge in [0.1, 0.15) is 17.6 Å². The van der Waals surface area contributed by atoms with Gasteiger partial charge < -0.3 is 14.6 Å². The van der Waals surface area contributed by atoms with Gasteiger partial charge >= 0.3 is 0 Å². The molecule has 3 heterocycles. The van der Waals surface area contributed by atoms with Crippen LogP contribution >= 0.6 is 12.2 Å². The van der Waals surface area contributed by atoms with Gasteiger partial charge in [-0.05, 0) is 56.2 Å². The fourth-order valence-corrected chi connectivity index (χ4v) is 4.42. The summed E-state index contributed by atoms with van der Waals surface area (Å²) in [5, 5.41) is 4.34. The third-order valence-electron chi connectivity index (χ3n) is 5.16. The Bertz CT molecular complexity index is 708. The predicted molar refractivity (Wildman–Crippen MR) is 97.6 cm³/mol. The van der Waals surface area contributed by atoms with Gasteiger partial charge in [-0.1, -0.05) is 25.3 Å². The number of rotatable bonds is 3. The molecule has 5 heteroatoms. The van der Waals surface area contributed by atoms with Crippen LogP contribution in [0.25, 0.3) is 0 Å². The van der Waals surface area contributed by atoms with Gasteiger partial charge in [-0.15, -0.1) is 0 Å². The molecule has 4 rings (SSSR count). The third kappa shape index (κ3) is 2.81. The first-order valence-corrected chi connectivity index (χ1v) is 9.21. The van der Waals surface area contributed by atoms with Crippen LogP contribution in [0.4, 0.5) is 0 Å². The molecule has 1 aliphatic heterocycles. The maximum Gasteiger partial charge on any atom is 0.170 e. The van der Waals surface area contributed by atoms with Gasteiger partial charge in [0.15, 0.2) is 5.11 Å². The number of nitrogens with one attached hydrogen (secondary N) is 1. The highest BCUT2D eigenvalue weighted by molar-refractivity contribution is 7.80. The van der Waals surface area contributed by atoms with Crippen LogP contribution in [0.3, 0.4) is 0 Å². The molecular weight excluding hydrogens is 318 g/mol. The van der Waals surface area contributed by atoms with Crippen molar-refractivity contribution in [1.82, 2.24) is 15.2 Å². The van der Waals surface area contributed by atoms with Crippen molar-refractivity contribution in [3.63, 3.8) is 0 Å². The lowest BCUT2D eigenvalue weighted by molar-refractivity contribution is 0.177. The van der Waals surface area contributed by atoms with E-state index in [2.05, 4.69) is 27.3 Å². The van der Waals surface area contributed by atoms with Crippen molar-refractivity contribution in [2.75, 3.05) is 0 Å². The number of furan rings is 1. The van der Waals surface area contributed by atoms with Crippen LogP contribution in [-0.2, 0) is 0 Å². The average Bonchev–Trinajstić information content (AvgIpc) is 3.19. The zero-order valence-corrected chi connectivity index (χ0v) is 14.8. The molecule has 24 heavy (non-hydrogen) atoms. The molecule has 1 N–H and O–H groups in total. The van der Waals surface area contributed by atoms with Crippen LogP contribution in [-0.4, -0.2) is 21.0 Å². The number of thiocarbonyl (C=S) groups is 1. The minimum Gasteiger partial charge on any atom is -0.464 e. The largest absolute Gasteiger partial charge is 0.464 e. The molecule has 126 valence electrons. The Morgan fingerprint density at radius 1 is 1.17 bits per heavy atom. The Hall–Kier alpha value is -1.88. The maximum absolute atomic E-state index is 6.02. The monoisotopic (exact) mass is 341 g/mol. The van der Waals surface area contributed by atoms with Crippen molar-refractivity contribution in [3.8, 4) is 0 Å². The smallest absolute Gasteiger partial charge is 0.170 e. The lowest BCUT2D eigenvalue weighted by atomic mass is 9.92. The number of nitrogens with zero attached hydrogens (tertiary/aromatic N) is 2. The molecule has 1 saturated carbocycles. The van der Waals surface area contributed by atoms with Gasteiger partial charge in [0.05, 0.1) is 11.7 Å². The molecule has 0 aromatic carbocycles. The number of hydrogen-bond acceptors (Lipinski definition) is 3. The molecule has 2 aromatic heterocycles. The molecule has 2 atom stereocenters. The van der Waals surface area contributed by atoms with Gasteiger partial charge in [-0.3, -0.25) is 4.98 Å². The first-order chi connectivity index (χ1) is 11.7. The zero-order valence-electron chi connectivity index (χ0n) is 13.9. The summed E-state index contributed by atoms with van der Waals surface area (Å²) in [7, 11) is 0. The van der Waals surface area contributed by atoms with Crippen molar-refractivity contribution in [3.05, 3.63) is 53.7 Å². The van der Waals surface area contributed by atoms with Crippen molar-refractivity contribution >= 4 is 17.3 Å². The second-order valence-corrected chi connectivity index (χ2v) is 7.16. The second-order valence-electron chi connectivity index (χ2n) is 6.77. The van der Waals surface area contributed by atoms with E-state index in [1.165, 1.54) is 32.1 Å². The van der Waals surface area contributed by atoms with Gasteiger partial charge in [-0.25, -0.2) is 0 Å². The second kappa shape index (κ2) is 6.55. The molecular formula is C19H23N3OS. The Kier molecular flexibility index (Phi) is 4.27. The lowest BCUT2D eigenvalue weighted by Gasteiger charge is -2.36. The summed E-state index contributed by atoms with van der Waals surface area (Å²) in [5.41, 5.74) is 1.01. The van der Waals surface area contributed by atoms with Crippen molar-refractivity contribution in [1.29, 1.82) is 0 Å². The summed E-state index contributed by atoms with van der Waals surface area (Å²) in [6, 6.07) is 10.8. The van der Waals surface area contributed by atoms with Crippen LogP contribution in [0.1, 0.15) is 61.4 Å². The summed E-state index contributed by atoms with van der Waals surface area (Å²) in [6.45, 7) is 1.99. The summed E-state index contributed by atoms with van der Waals surface area (Å²) in [5.74, 6) is 1.91. The molecule has 0 unspecified atom stereocenters. The molecule has 2 aliphatic rings. The van der Waals surface area contributed by atoms with Crippen molar-refractivity contribution in [2.24, 2.45) is 0 Å². The van der Waals surface area contributed by atoms with Gasteiger partial charge in [0, 0.05) is 12.2 Å². The fraction of sp³-hybridized carbons (Fsp3) is 0.474. The van der Waals surface area contributed by atoms with E-state index in [9.17, 15) is 0 Å². The van der Waals surface area contributed by atoms with Gasteiger partial charge in [0.2, 0.25) is 0 Å². The molecule has 1 saturated heterocycles. The SMILES string of the molecule is Cc1ccc([C@@H]2[C@@H](c3ccccn3)NC(=S)N2C2CCCCC2)o1. The molecule has 1 aliphatic carbocycles. The Morgan fingerprint density at radius 2 is 2.00 bits per heavy atom. The van der Waals surface area contributed by atoms with E-state index in [4.69, 9.17) is 16.6 Å². The highest BCUT2D eigenvalue weighted by Crippen LogP contribution is 2.42. The predicted octanol–water partition coefficient (Wildman–Crippen LogP) is 4.29. The number of aryl methyl sites for hydroxylation is 1. The third-order valence-corrected chi connectivity index (χ3v) is 5.48. The first kappa shape index (κ1) is 15.6. The van der Waals surface area contributed by atoms with E-state index in [1.54, 1.807) is 0 Å². The molecule has 2 aromatic rings. The van der Waals surface area contributed by atoms with Crippen molar-refractivity contribution < 1.29 is 4.42 Å². The molecule has 0 bridgehead atoms. The van der Waals surface area contributed by atoms with E-state index in [-0.39, 0.29) is 12.1 Å². The van der Waals surface area contributed by atoms with Crippen LogP contribution in [0.2, 0.25) is 0 Å². The molecule has 2 fully saturated rings. The number of aromatic nitrogens is 1. The highest BCUT2D eigenvalue weighted by Gasteiger charge is 2.44. The Balaban J connectivity index is 1.73. The van der Waals surface area contributed by atoms with E-state index >= 15 is 0 Å². The van der Waals surface area contributed by atoms with E-state index in [1.807, 2.05) is 31.3 Å². The van der Waals surface area contributed by atoms with E-state index in [0.717, 1.165) is 22.3 Å². The Labute approximate surface area is 148 Å². The minimum atomic E-state index is 0.0335. The van der Waals surface area contributed by atoms with Crippen molar-refractivity contribution in [2.45, 2.75) is 57.2 Å². The van der Waals surface area contributed by atoms with Gasteiger partial charge in [-0.2, -0.15) is 0 Å². The summed E-state index contributed by atoms with van der Waals surface area (Å²) in [4.78, 5) is 6.95. The number of hydrogen-bond donors (Lipinski definition) is 1. The molecule has 4 nitrogen and oxygen atoms in total. The maximum atomic E-state index is 6.02. The van der Waals surface area contributed by atoms with Gasteiger partial charge in [0.25, 0.3) is 0 Å². The zero-order chi connectivity index (χ0) is 16.5. The van der Waals surface area contributed by atoms with Crippen LogP contribution in [0, 0.1) is 6.92 Å². The molecule has 0 amide bonds. The average molecular weight is 341 g/mol. The van der Waals surface area contributed by atoms with E-state index < -0.39 is 0 Å².